The molecule has 1 aromatic carbocycles. The summed E-state index contributed by atoms with van der Waals surface area (Å²) < 4.78 is 0. The number of nitrogens with zero attached hydrogens (tertiary/aromatic N) is 2. The van der Waals surface area contributed by atoms with Crippen LogP contribution in [0.15, 0.2) is 17.3 Å². The van der Waals surface area contributed by atoms with Gasteiger partial charge in [-0.1, -0.05) is 11.8 Å². The number of carbonyl (C=O) groups is 1. The molecule has 1 heterocycles. The van der Waals surface area contributed by atoms with E-state index in [-0.39, 0.29) is 18.0 Å². The second-order valence-corrected chi connectivity index (χ2v) is 7.24. The van der Waals surface area contributed by atoms with Crippen molar-refractivity contribution in [2.24, 2.45) is 0 Å². The van der Waals surface area contributed by atoms with Crippen LogP contribution in [0, 0.1) is 13.8 Å². The van der Waals surface area contributed by atoms with Crippen LogP contribution in [0.3, 0.4) is 0 Å². The molecule has 0 unspecified atom stereocenters. The van der Waals surface area contributed by atoms with Crippen molar-refractivity contribution in [3.8, 4) is 0 Å². The minimum Gasteiger partial charge on any atom is -0.337 e. The summed E-state index contributed by atoms with van der Waals surface area (Å²) in [5.41, 5.74) is 4.47. The average molecular weight is 319 g/mol. The first-order valence-electron chi connectivity index (χ1n) is 7.70. The third-order valence-electron chi connectivity index (χ3n) is 3.81. The van der Waals surface area contributed by atoms with Gasteiger partial charge in [-0.15, -0.1) is 0 Å². The molecule has 4 nitrogen and oxygen atoms in total. The molecule has 120 valence electrons. The monoisotopic (exact) mass is 319 g/mol. The Hall–Kier alpha value is -1.49. The minimum atomic E-state index is 0.155. The van der Waals surface area contributed by atoms with Crippen LogP contribution in [0.4, 0.5) is 0 Å². The number of benzene rings is 1. The number of H-pyrrole nitrogens is 1. The highest BCUT2D eigenvalue weighted by atomic mass is 32.2. The maximum atomic E-state index is 12.4. The zero-order valence-corrected chi connectivity index (χ0v) is 15.0. The summed E-state index contributed by atoms with van der Waals surface area (Å²) in [4.78, 5) is 22.2. The van der Waals surface area contributed by atoms with Crippen LogP contribution >= 0.6 is 11.8 Å². The number of fused-ring (bicyclic) bond motifs is 1. The van der Waals surface area contributed by atoms with E-state index in [4.69, 9.17) is 0 Å². The van der Waals surface area contributed by atoms with Gasteiger partial charge < -0.3 is 9.88 Å². The molecule has 0 aliphatic rings. The molecule has 2 rings (SSSR count). The van der Waals surface area contributed by atoms with Crippen molar-refractivity contribution in [2.75, 3.05) is 5.75 Å². The first kappa shape index (κ1) is 16.9. The van der Waals surface area contributed by atoms with E-state index < -0.39 is 0 Å². The summed E-state index contributed by atoms with van der Waals surface area (Å²) in [6.07, 6.45) is 0. The number of aromatic nitrogens is 2. The third-order valence-corrected chi connectivity index (χ3v) is 4.67. The molecule has 0 saturated heterocycles. The van der Waals surface area contributed by atoms with Crippen LogP contribution in [0.1, 0.15) is 38.8 Å². The lowest BCUT2D eigenvalue weighted by Gasteiger charge is -2.30. The van der Waals surface area contributed by atoms with Gasteiger partial charge in [-0.25, -0.2) is 4.98 Å². The fourth-order valence-corrected chi connectivity index (χ4v) is 3.45. The molecule has 0 spiro atoms. The Balaban J connectivity index is 2.10. The quantitative estimate of drug-likeness (QED) is 0.850. The predicted octanol–water partition coefficient (Wildman–Crippen LogP) is 3.92. The molecule has 5 heteroatoms. The summed E-state index contributed by atoms with van der Waals surface area (Å²) in [6.45, 7) is 12.4. The van der Waals surface area contributed by atoms with Crippen LogP contribution in [0.2, 0.25) is 0 Å². The largest absolute Gasteiger partial charge is 0.337 e. The fraction of sp³-hybridized carbons (Fsp3) is 0.529. The van der Waals surface area contributed by atoms with E-state index in [1.165, 1.54) is 22.9 Å². The molecule has 0 radical (unpaired) electrons. The van der Waals surface area contributed by atoms with Crippen LogP contribution in [0.25, 0.3) is 11.0 Å². The average Bonchev–Trinajstić information content (AvgIpc) is 2.78. The van der Waals surface area contributed by atoms with Crippen molar-refractivity contribution in [2.45, 2.75) is 58.8 Å². The summed E-state index contributed by atoms with van der Waals surface area (Å²) >= 11 is 1.47. The van der Waals surface area contributed by atoms with Crippen LogP contribution in [0.5, 0.6) is 0 Å². The Bertz CT molecular complexity index is 629. The van der Waals surface area contributed by atoms with Crippen molar-refractivity contribution < 1.29 is 4.79 Å². The van der Waals surface area contributed by atoms with Gasteiger partial charge in [-0.05, 0) is 64.8 Å². The number of aryl methyl sites for hydroxylation is 2. The fourth-order valence-electron chi connectivity index (χ4n) is 2.69. The SMILES string of the molecule is Cc1cc2nc(SCC(=O)N(C(C)C)C(C)C)[nH]c2cc1C. The zero-order chi connectivity index (χ0) is 16.4. The van der Waals surface area contributed by atoms with E-state index in [1.807, 2.05) is 4.90 Å². The number of rotatable bonds is 5. The van der Waals surface area contributed by atoms with E-state index in [9.17, 15) is 4.79 Å². The summed E-state index contributed by atoms with van der Waals surface area (Å²) in [5, 5.41) is 0.806. The van der Waals surface area contributed by atoms with Crippen LogP contribution in [-0.4, -0.2) is 38.6 Å². The van der Waals surface area contributed by atoms with Gasteiger partial charge in [0.2, 0.25) is 5.91 Å². The molecule has 0 aliphatic heterocycles. The highest BCUT2D eigenvalue weighted by Gasteiger charge is 2.20. The summed E-state index contributed by atoms with van der Waals surface area (Å²) in [6, 6.07) is 4.63. The van der Waals surface area contributed by atoms with Crippen molar-refractivity contribution in [3.05, 3.63) is 23.3 Å². The zero-order valence-electron chi connectivity index (χ0n) is 14.2. The van der Waals surface area contributed by atoms with Gasteiger partial charge in [0.25, 0.3) is 0 Å². The number of amides is 1. The smallest absolute Gasteiger partial charge is 0.233 e. The molecule has 22 heavy (non-hydrogen) atoms. The van der Waals surface area contributed by atoms with Crippen molar-refractivity contribution in [1.82, 2.24) is 14.9 Å². The standard InChI is InChI=1S/C17H25N3OS/c1-10(2)20(11(3)4)16(21)9-22-17-18-14-7-12(5)13(6)8-15(14)19-17/h7-8,10-11H,9H2,1-6H3,(H,18,19). The number of hydrogen-bond acceptors (Lipinski definition) is 3. The Morgan fingerprint density at radius 1 is 1.18 bits per heavy atom. The normalized spacial score (nSPS) is 11.6. The molecular formula is C17H25N3OS. The van der Waals surface area contributed by atoms with E-state index in [0.717, 1.165) is 16.2 Å². The lowest BCUT2D eigenvalue weighted by Crippen LogP contribution is -2.43. The Kier molecular flexibility index (Phi) is 5.16. The minimum absolute atomic E-state index is 0.155. The van der Waals surface area contributed by atoms with Crippen molar-refractivity contribution in [3.63, 3.8) is 0 Å². The molecule has 0 saturated carbocycles. The molecule has 0 bridgehead atoms. The molecule has 0 fully saturated rings. The third kappa shape index (κ3) is 3.64. The van der Waals surface area contributed by atoms with Gasteiger partial charge in [0, 0.05) is 12.1 Å². The number of carbonyl (C=O) groups excluding carboxylic acids is 1. The topological polar surface area (TPSA) is 49.0 Å². The Morgan fingerprint density at radius 3 is 2.36 bits per heavy atom. The first-order chi connectivity index (χ1) is 10.3. The Morgan fingerprint density at radius 2 is 1.77 bits per heavy atom. The second-order valence-electron chi connectivity index (χ2n) is 6.27. The molecule has 0 aliphatic carbocycles. The number of thioether (sulfide) groups is 1. The molecule has 1 aromatic heterocycles. The number of imidazole rings is 1. The van der Waals surface area contributed by atoms with Gasteiger partial charge in [0.15, 0.2) is 5.16 Å². The second kappa shape index (κ2) is 6.73. The summed E-state index contributed by atoms with van der Waals surface area (Å²) in [5.74, 6) is 0.566. The molecule has 1 N–H and O–H groups in total. The van der Waals surface area contributed by atoms with E-state index in [2.05, 4.69) is 63.6 Å². The van der Waals surface area contributed by atoms with E-state index in [1.54, 1.807) is 0 Å². The maximum absolute atomic E-state index is 12.4. The van der Waals surface area contributed by atoms with Gasteiger partial charge in [0.1, 0.15) is 0 Å². The summed E-state index contributed by atoms with van der Waals surface area (Å²) in [7, 11) is 0. The van der Waals surface area contributed by atoms with Gasteiger partial charge in [0.05, 0.1) is 16.8 Å². The van der Waals surface area contributed by atoms with Gasteiger partial charge >= 0.3 is 0 Å². The van der Waals surface area contributed by atoms with Gasteiger partial charge in [-0.2, -0.15) is 0 Å². The molecular weight excluding hydrogens is 294 g/mol. The van der Waals surface area contributed by atoms with Crippen LogP contribution in [-0.2, 0) is 4.79 Å². The van der Waals surface area contributed by atoms with Crippen molar-refractivity contribution in [1.29, 1.82) is 0 Å². The van der Waals surface area contributed by atoms with Crippen molar-refractivity contribution >= 4 is 28.7 Å². The number of aromatic amines is 1. The van der Waals surface area contributed by atoms with E-state index in [0.29, 0.717) is 5.75 Å². The molecule has 0 atom stereocenters. The molecule has 2 aromatic rings. The highest BCUT2D eigenvalue weighted by molar-refractivity contribution is 7.99. The predicted molar refractivity (Wildman–Crippen MR) is 93.4 cm³/mol. The Labute approximate surface area is 136 Å². The molecule has 1 amide bonds. The lowest BCUT2D eigenvalue weighted by molar-refractivity contribution is -0.131. The number of hydrogen-bond donors (Lipinski definition) is 1. The van der Waals surface area contributed by atoms with E-state index >= 15 is 0 Å². The number of nitrogens with one attached hydrogen (secondary N) is 1. The lowest BCUT2D eigenvalue weighted by atomic mass is 10.1. The van der Waals surface area contributed by atoms with Gasteiger partial charge in [-0.3, -0.25) is 4.79 Å². The van der Waals surface area contributed by atoms with Crippen LogP contribution < -0.4 is 0 Å². The highest BCUT2D eigenvalue weighted by Crippen LogP contribution is 2.23. The first-order valence-corrected chi connectivity index (χ1v) is 8.69. The maximum Gasteiger partial charge on any atom is 0.233 e.